The van der Waals surface area contributed by atoms with Crippen LogP contribution in [0.4, 0.5) is 0 Å². The van der Waals surface area contributed by atoms with E-state index in [-0.39, 0.29) is 18.2 Å². The van der Waals surface area contributed by atoms with Crippen LogP contribution in [0.1, 0.15) is 38.2 Å². The Morgan fingerprint density at radius 3 is 3.00 bits per heavy atom. The first-order valence-electron chi connectivity index (χ1n) is 7.82. The van der Waals surface area contributed by atoms with Gasteiger partial charge < -0.3 is 19.9 Å². The third-order valence-electron chi connectivity index (χ3n) is 4.17. The summed E-state index contributed by atoms with van der Waals surface area (Å²) in [4.78, 5) is 0. The van der Waals surface area contributed by atoms with Crippen LogP contribution in [0.3, 0.4) is 0 Å². The molecule has 2 atom stereocenters. The van der Waals surface area contributed by atoms with Gasteiger partial charge in [0, 0.05) is 19.1 Å². The van der Waals surface area contributed by atoms with E-state index in [9.17, 15) is 5.11 Å². The quantitative estimate of drug-likeness (QED) is 0.811. The molecule has 2 N–H and O–H groups in total. The van der Waals surface area contributed by atoms with E-state index in [2.05, 4.69) is 12.2 Å². The third-order valence-corrected chi connectivity index (χ3v) is 4.17. The van der Waals surface area contributed by atoms with Gasteiger partial charge in [-0.2, -0.15) is 0 Å². The fraction of sp³-hybridized carbons (Fsp3) is 0.647. The summed E-state index contributed by atoms with van der Waals surface area (Å²) in [5.74, 6) is 0.889. The summed E-state index contributed by atoms with van der Waals surface area (Å²) >= 11 is 0. The van der Waals surface area contributed by atoms with Crippen LogP contribution >= 0.6 is 0 Å². The molecule has 118 valence electrons. The van der Waals surface area contributed by atoms with E-state index in [1.54, 1.807) is 7.11 Å². The molecule has 0 aliphatic heterocycles. The zero-order valence-corrected chi connectivity index (χ0v) is 13.1. The number of aliphatic hydroxyl groups is 1. The van der Waals surface area contributed by atoms with Crippen LogP contribution in [0.15, 0.2) is 24.3 Å². The maximum Gasteiger partial charge on any atom is 0.120 e. The maximum absolute atomic E-state index is 9.74. The van der Waals surface area contributed by atoms with Crippen molar-refractivity contribution in [2.45, 2.75) is 50.9 Å². The smallest absolute Gasteiger partial charge is 0.120 e. The highest BCUT2D eigenvalue weighted by atomic mass is 16.5. The first-order chi connectivity index (χ1) is 10.2. The minimum Gasteiger partial charge on any atom is -0.490 e. The lowest BCUT2D eigenvalue weighted by atomic mass is 9.80. The molecule has 2 unspecified atom stereocenters. The van der Waals surface area contributed by atoms with Gasteiger partial charge in [0.15, 0.2) is 0 Å². The molecule has 0 spiro atoms. The molecular weight excluding hydrogens is 266 g/mol. The normalized spacial score (nSPS) is 25.8. The lowest BCUT2D eigenvalue weighted by Gasteiger charge is -2.40. The minimum absolute atomic E-state index is 0.155. The Bertz CT molecular complexity index is 434. The van der Waals surface area contributed by atoms with E-state index >= 15 is 0 Å². The molecule has 0 aromatic heterocycles. The zero-order chi connectivity index (χ0) is 15.1. The van der Waals surface area contributed by atoms with Crippen molar-refractivity contribution < 1.29 is 14.6 Å². The maximum atomic E-state index is 9.74. The lowest BCUT2D eigenvalue weighted by molar-refractivity contribution is 0.0519. The van der Waals surface area contributed by atoms with Crippen LogP contribution in [0, 0.1) is 0 Å². The molecule has 0 heterocycles. The van der Waals surface area contributed by atoms with Crippen LogP contribution in [0.5, 0.6) is 5.75 Å². The molecule has 0 bridgehead atoms. The molecule has 0 amide bonds. The van der Waals surface area contributed by atoms with Crippen molar-refractivity contribution in [3.63, 3.8) is 0 Å². The Balaban J connectivity index is 2.00. The number of nitrogens with one attached hydrogen (secondary N) is 1. The SMILES string of the molecule is CCNC1(CO)CCCC(Oc2cccc(COC)c2)C1. The van der Waals surface area contributed by atoms with Gasteiger partial charge in [-0.15, -0.1) is 0 Å². The van der Waals surface area contributed by atoms with Crippen molar-refractivity contribution in [1.29, 1.82) is 0 Å². The number of hydrogen-bond acceptors (Lipinski definition) is 4. The van der Waals surface area contributed by atoms with Crippen molar-refractivity contribution in [1.82, 2.24) is 5.32 Å². The molecule has 2 rings (SSSR count). The number of benzene rings is 1. The van der Waals surface area contributed by atoms with Crippen LogP contribution in [0.25, 0.3) is 0 Å². The number of likely N-dealkylation sites (N-methyl/N-ethyl adjacent to an activating group) is 1. The predicted molar refractivity (Wildman–Crippen MR) is 83.5 cm³/mol. The zero-order valence-electron chi connectivity index (χ0n) is 13.1. The van der Waals surface area contributed by atoms with E-state index in [4.69, 9.17) is 9.47 Å². The second-order valence-corrected chi connectivity index (χ2v) is 5.89. The van der Waals surface area contributed by atoms with E-state index in [1.807, 2.05) is 24.3 Å². The molecule has 1 aliphatic rings. The van der Waals surface area contributed by atoms with Gasteiger partial charge in [0.25, 0.3) is 0 Å². The highest BCUT2D eigenvalue weighted by Gasteiger charge is 2.36. The fourth-order valence-electron chi connectivity index (χ4n) is 3.21. The number of aliphatic hydroxyl groups excluding tert-OH is 1. The standard InChI is InChI=1S/C17H27NO3/c1-3-18-17(13-19)9-5-8-16(11-17)21-15-7-4-6-14(10-15)12-20-2/h4,6-7,10,16,18-19H,3,5,8-9,11-13H2,1-2H3. The second kappa shape index (κ2) is 7.78. The van der Waals surface area contributed by atoms with Gasteiger partial charge >= 0.3 is 0 Å². The minimum atomic E-state index is -0.179. The molecule has 1 aromatic rings. The van der Waals surface area contributed by atoms with Crippen LogP contribution in [-0.4, -0.2) is 37.0 Å². The summed E-state index contributed by atoms with van der Waals surface area (Å²) in [6.07, 6.45) is 4.15. The predicted octanol–water partition coefficient (Wildman–Crippen LogP) is 2.50. The van der Waals surface area contributed by atoms with Gasteiger partial charge in [0.05, 0.1) is 13.2 Å². The average molecular weight is 293 g/mol. The highest BCUT2D eigenvalue weighted by molar-refractivity contribution is 5.28. The van der Waals surface area contributed by atoms with Crippen LogP contribution in [-0.2, 0) is 11.3 Å². The molecule has 4 heteroatoms. The van der Waals surface area contributed by atoms with Gasteiger partial charge in [0.2, 0.25) is 0 Å². The van der Waals surface area contributed by atoms with Crippen molar-refractivity contribution >= 4 is 0 Å². The molecule has 21 heavy (non-hydrogen) atoms. The number of ether oxygens (including phenoxy) is 2. The molecule has 0 radical (unpaired) electrons. The summed E-state index contributed by atoms with van der Waals surface area (Å²) < 4.78 is 11.3. The molecule has 1 saturated carbocycles. The van der Waals surface area contributed by atoms with E-state index in [1.165, 1.54) is 0 Å². The van der Waals surface area contributed by atoms with Gasteiger partial charge in [-0.1, -0.05) is 19.1 Å². The molecule has 1 aromatic carbocycles. The van der Waals surface area contributed by atoms with Gasteiger partial charge in [-0.25, -0.2) is 0 Å². The van der Waals surface area contributed by atoms with Crippen molar-refractivity contribution in [3.05, 3.63) is 29.8 Å². The molecular formula is C17H27NO3. The summed E-state index contributed by atoms with van der Waals surface area (Å²) in [6, 6.07) is 8.05. The van der Waals surface area contributed by atoms with Crippen molar-refractivity contribution in [3.8, 4) is 5.75 Å². The molecule has 1 fully saturated rings. The van der Waals surface area contributed by atoms with E-state index in [0.29, 0.717) is 6.61 Å². The van der Waals surface area contributed by atoms with Gasteiger partial charge in [-0.3, -0.25) is 0 Å². The average Bonchev–Trinajstić information content (AvgIpc) is 2.49. The van der Waals surface area contributed by atoms with Gasteiger partial charge in [0.1, 0.15) is 11.9 Å². The highest BCUT2D eigenvalue weighted by Crippen LogP contribution is 2.31. The Hall–Kier alpha value is -1.10. The third kappa shape index (κ3) is 4.43. The Labute approximate surface area is 127 Å². The van der Waals surface area contributed by atoms with Crippen molar-refractivity contribution in [2.75, 3.05) is 20.3 Å². The summed E-state index contributed by atoms with van der Waals surface area (Å²) in [6.45, 7) is 3.72. The van der Waals surface area contributed by atoms with Crippen molar-refractivity contribution in [2.24, 2.45) is 0 Å². The fourth-order valence-corrected chi connectivity index (χ4v) is 3.21. The van der Waals surface area contributed by atoms with E-state index < -0.39 is 0 Å². The number of rotatable bonds is 7. The molecule has 4 nitrogen and oxygen atoms in total. The first-order valence-corrected chi connectivity index (χ1v) is 7.82. The lowest BCUT2D eigenvalue weighted by Crippen LogP contribution is -2.53. The summed E-state index contributed by atoms with van der Waals surface area (Å²) in [7, 11) is 1.70. The number of methoxy groups -OCH3 is 1. The van der Waals surface area contributed by atoms with Crippen LogP contribution < -0.4 is 10.1 Å². The van der Waals surface area contributed by atoms with E-state index in [0.717, 1.165) is 43.5 Å². The number of hydrogen-bond donors (Lipinski definition) is 2. The van der Waals surface area contributed by atoms with Gasteiger partial charge in [-0.05, 0) is 43.5 Å². The first kappa shape index (κ1) is 16.3. The largest absolute Gasteiger partial charge is 0.490 e. The molecule has 0 saturated heterocycles. The topological polar surface area (TPSA) is 50.7 Å². The Morgan fingerprint density at radius 2 is 2.29 bits per heavy atom. The summed E-state index contributed by atoms with van der Waals surface area (Å²) in [5, 5.41) is 13.2. The Morgan fingerprint density at radius 1 is 1.43 bits per heavy atom. The van der Waals surface area contributed by atoms with Crippen LogP contribution in [0.2, 0.25) is 0 Å². The Kier molecular flexibility index (Phi) is 6.03. The molecule has 1 aliphatic carbocycles. The summed E-state index contributed by atoms with van der Waals surface area (Å²) in [5.41, 5.74) is 0.938. The second-order valence-electron chi connectivity index (χ2n) is 5.89. The monoisotopic (exact) mass is 293 g/mol.